The monoisotopic (exact) mass is 285 g/mol. The second-order valence-corrected chi connectivity index (χ2v) is 7.05. The van der Waals surface area contributed by atoms with Gasteiger partial charge in [-0.05, 0) is 12.5 Å². The molecule has 0 radical (unpaired) electrons. The van der Waals surface area contributed by atoms with E-state index in [4.69, 9.17) is 10.5 Å². The molecule has 19 heavy (non-hydrogen) atoms. The molecule has 1 aliphatic rings. The Hall–Kier alpha value is -1.18. The largest absolute Gasteiger partial charge is 0.398 e. The first-order valence-electron chi connectivity index (χ1n) is 6.03. The predicted octanol–water partition coefficient (Wildman–Crippen LogP) is 0.756. The normalized spacial score (nSPS) is 25.8. The van der Waals surface area contributed by atoms with Crippen LogP contribution in [-0.2, 0) is 14.8 Å². The second-order valence-electron chi connectivity index (χ2n) is 5.37. The fourth-order valence-electron chi connectivity index (χ4n) is 2.35. The topological polar surface area (TPSA) is 94.3 Å². The van der Waals surface area contributed by atoms with Crippen LogP contribution >= 0.6 is 0 Å². The molecule has 0 aromatic carbocycles. The van der Waals surface area contributed by atoms with Gasteiger partial charge in [0, 0.05) is 31.0 Å². The number of hydrogen-bond acceptors (Lipinski definition) is 5. The lowest BCUT2D eigenvalue weighted by atomic mass is 9.65. The van der Waals surface area contributed by atoms with Gasteiger partial charge in [0.2, 0.25) is 10.0 Å². The molecular weight excluding hydrogens is 266 g/mol. The second kappa shape index (κ2) is 4.73. The van der Waals surface area contributed by atoms with Crippen LogP contribution < -0.4 is 10.5 Å². The van der Waals surface area contributed by atoms with Crippen molar-refractivity contribution in [2.24, 2.45) is 5.41 Å². The quantitative estimate of drug-likeness (QED) is 0.851. The summed E-state index contributed by atoms with van der Waals surface area (Å²) in [6.45, 7) is 3.95. The van der Waals surface area contributed by atoms with E-state index in [1.54, 1.807) is 7.11 Å². The van der Waals surface area contributed by atoms with E-state index in [9.17, 15) is 8.42 Å². The van der Waals surface area contributed by atoms with Crippen LogP contribution in [0.5, 0.6) is 0 Å². The lowest BCUT2D eigenvalue weighted by molar-refractivity contribution is -0.0908. The number of anilines is 1. The lowest BCUT2D eigenvalue weighted by Crippen LogP contribution is -2.61. The van der Waals surface area contributed by atoms with E-state index in [2.05, 4.69) is 9.71 Å². The Morgan fingerprint density at radius 3 is 2.74 bits per heavy atom. The van der Waals surface area contributed by atoms with Gasteiger partial charge in [0.1, 0.15) is 4.90 Å². The number of methoxy groups -OCH3 is 1. The number of aromatic nitrogens is 1. The van der Waals surface area contributed by atoms with Crippen LogP contribution in [0.2, 0.25) is 0 Å². The van der Waals surface area contributed by atoms with Gasteiger partial charge in [0.05, 0.1) is 11.8 Å². The molecule has 0 aliphatic heterocycles. The molecule has 6 nitrogen and oxygen atoms in total. The molecule has 2 atom stereocenters. The number of nitrogens with zero attached hydrogens (tertiary/aromatic N) is 1. The Bertz CT molecular complexity index is 571. The number of nitrogens with two attached hydrogens (primary N) is 1. The van der Waals surface area contributed by atoms with Crippen LogP contribution in [0.25, 0.3) is 0 Å². The number of nitrogens with one attached hydrogen (secondary N) is 1. The highest BCUT2D eigenvalue weighted by atomic mass is 32.2. The molecule has 2 unspecified atom stereocenters. The van der Waals surface area contributed by atoms with Crippen molar-refractivity contribution in [1.29, 1.82) is 0 Å². The van der Waals surface area contributed by atoms with Crippen LogP contribution in [0.1, 0.15) is 20.3 Å². The molecule has 2 rings (SSSR count). The fraction of sp³-hybridized carbons (Fsp3) is 0.583. The van der Waals surface area contributed by atoms with Crippen LogP contribution in [0.15, 0.2) is 23.4 Å². The molecule has 1 fully saturated rings. The molecule has 1 saturated carbocycles. The summed E-state index contributed by atoms with van der Waals surface area (Å²) in [7, 11) is -2.01. The standard InChI is InChI=1S/C12H19N3O3S/c1-12(2)10(6-11(12)18-3)15-19(16,17)9-7-14-5-4-8(9)13/h4-5,7,10-11,15H,6H2,1-3H3,(H2,13,14). The van der Waals surface area contributed by atoms with Crippen molar-refractivity contribution in [3.05, 3.63) is 18.5 Å². The summed E-state index contributed by atoms with van der Waals surface area (Å²) in [5.74, 6) is 0. The summed E-state index contributed by atoms with van der Waals surface area (Å²) < 4.78 is 32.5. The van der Waals surface area contributed by atoms with E-state index < -0.39 is 10.0 Å². The third kappa shape index (κ3) is 2.45. The molecule has 3 N–H and O–H groups in total. The van der Waals surface area contributed by atoms with Crippen molar-refractivity contribution in [3.63, 3.8) is 0 Å². The molecule has 0 saturated heterocycles. The zero-order valence-electron chi connectivity index (χ0n) is 11.3. The van der Waals surface area contributed by atoms with Crippen LogP contribution in [0, 0.1) is 5.41 Å². The highest BCUT2D eigenvalue weighted by Gasteiger charge is 2.50. The molecule has 1 aromatic heterocycles. The van der Waals surface area contributed by atoms with Gasteiger partial charge in [-0.1, -0.05) is 13.8 Å². The fourth-order valence-corrected chi connectivity index (χ4v) is 3.83. The van der Waals surface area contributed by atoms with Crippen molar-refractivity contribution in [2.45, 2.75) is 37.3 Å². The Kier molecular flexibility index (Phi) is 3.55. The summed E-state index contributed by atoms with van der Waals surface area (Å²) in [6, 6.07) is 1.31. The van der Waals surface area contributed by atoms with Gasteiger partial charge in [-0.2, -0.15) is 0 Å². The number of nitrogen functional groups attached to an aromatic ring is 1. The van der Waals surface area contributed by atoms with E-state index >= 15 is 0 Å². The van der Waals surface area contributed by atoms with Gasteiger partial charge >= 0.3 is 0 Å². The van der Waals surface area contributed by atoms with E-state index in [-0.39, 0.29) is 28.1 Å². The van der Waals surface area contributed by atoms with E-state index in [0.29, 0.717) is 6.42 Å². The maximum absolute atomic E-state index is 12.3. The minimum Gasteiger partial charge on any atom is -0.398 e. The predicted molar refractivity (Wildman–Crippen MR) is 72.0 cm³/mol. The van der Waals surface area contributed by atoms with Crippen LogP contribution in [-0.4, -0.2) is 32.7 Å². The molecule has 106 valence electrons. The molecule has 0 bridgehead atoms. The summed E-state index contributed by atoms with van der Waals surface area (Å²) in [5.41, 5.74) is 5.64. The van der Waals surface area contributed by atoms with E-state index in [0.717, 1.165) is 0 Å². The van der Waals surface area contributed by atoms with Gasteiger partial charge in [-0.15, -0.1) is 0 Å². The van der Waals surface area contributed by atoms with E-state index in [1.807, 2.05) is 13.8 Å². The average molecular weight is 285 g/mol. The van der Waals surface area contributed by atoms with Crippen molar-refractivity contribution in [3.8, 4) is 0 Å². The number of hydrogen-bond donors (Lipinski definition) is 2. The van der Waals surface area contributed by atoms with E-state index in [1.165, 1.54) is 18.5 Å². The Labute approximate surface area is 113 Å². The smallest absolute Gasteiger partial charge is 0.244 e. The maximum atomic E-state index is 12.3. The van der Waals surface area contributed by atoms with Crippen molar-refractivity contribution < 1.29 is 13.2 Å². The SMILES string of the molecule is COC1CC(NS(=O)(=O)c2cnccc2N)C1(C)C. The Balaban J connectivity index is 2.19. The number of sulfonamides is 1. The van der Waals surface area contributed by atoms with Crippen molar-refractivity contribution >= 4 is 15.7 Å². The minimum absolute atomic E-state index is 0.0201. The first kappa shape index (κ1) is 14.2. The highest BCUT2D eigenvalue weighted by Crippen LogP contribution is 2.43. The molecule has 1 aliphatic carbocycles. The lowest BCUT2D eigenvalue weighted by Gasteiger charge is -2.50. The molecule has 7 heteroatoms. The maximum Gasteiger partial charge on any atom is 0.244 e. The van der Waals surface area contributed by atoms with Crippen LogP contribution in [0.3, 0.4) is 0 Å². The summed E-state index contributed by atoms with van der Waals surface area (Å²) >= 11 is 0. The third-order valence-electron chi connectivity index (χ3n) is 3.87. The first-order chi connectivity index (χ1) is 8.79. The molecule has 0 spiro atoms. The number of pyridine rings is 1. The Morgan fingerprint density at radius 1 is 1.53 bits per heavy atom. The van der Waals surface area contributed by atoms with Gasteiger partial charge in [0.25, 0.3) is 0 Å². The van der Waals surface area contributed by atoms with Gasteiger partial charge in [0.15, 0.2) is 0 Å². The first-order valence-corrected chi connectivity index (χ1v) is 7.52. The summed E-state index contributed by atoms with van der Waals surface area (Å²) in [5, 5.41) is 0. The molecule has 1 aromatic rings. The summed E-state index contributed by atoms with van der Waals surface area (Å²) in [6.07, 6.45) is 3.44. The molecular formula is C12H19N3O3S. The molecule has 0 amide bonds. The highest BCUT2D eigenvalue weighted by molar-refractivity contribution is 7.89. The summed E-state index contributed by atoms with van der Waals surface area (Å²) in [4.78, 5) is 3.83. The van der Waals surface area contributed by atoms with Crippen molar-refractivity contribution in [1.82, 2.24) is 9.71 Å². The number of rotatable bonds is 4. The van der Waals surface area contributed by atoms with Gasteiger partial charge < -0.3 is 10.5 Å². The Morgan fingerprint density at radius 2 is 2.21 bits per heavy atom. The van der Waals surface area contributed by atoms with Crippen molar-refractivity contribution in [2.75, 3.05) is 12.8 Å². The average Bonchev–Trinajstić information content (AvgIpc) is 2.34. The van der Waals surface area contributed by atoms with Gasteiger partial charge in [-0.3, -0.25) is 4.98 Å². The number of ether oxygens (including phenoxy) is 1. The minimum atomic E-state index is -3.65. The van der Waals surface area contributed by atoms with Crippen LogP contribution in [0.4, 0.5) is 5.69 Å². The zero-order chi connectivity index (χ0) is 14.3. The zero-order valence-corrected chi connectivity index (χ0v) is 12.1. The molecule has 1 heterocycles. The van der Waals surface area contributed by atoms with Gasteiger partial charge in [-0.25, -0.2) is 13.1 Å². The third-order valence-corrected chi connectivity index (χ3v) is 5.38.